The number of carbonyl (C=O) groups is 1. The number of hydrogen-bond donors (Lipinski definition) is 3. The zero-order valence-corrected chi connectivity index (χ0v) is 15.1. The van der Waals surface area contributed by atoms with Crippen LogP contribution < -0.4 is 10.2 Å². The molecule has 3 N–H and O–H groups in total. The van der Waals surface area contributed by atoms with Gasteiger partial charge in [0.25, 0.3) is 5.91 Å². The monoisotopic (exact) mass is 442 g/mol. The van der Waals surface area contributed by atoms with E-state index in [9.17, 15) is 15.0 Å². The summed E-state index contributed by atoms with van der Waals surface area (Å²) in [6.07, 6.45) is 1.39. The molecule has 0 aliphatic carbocycles. The van der Waals surface area contributed by atoms with Gasteiger partial charge in [0.2, 0.25) is 0 Å². The number of rotatable bonds is 4. The summed E-state index contributed by atoms with van der Waals surface area (Å²) >= 11 is 6.51. The number of methoxy groups -OCH3 is 1. The average molecular weight is 444 g/mol. The van der Waals surface area contributed by atoms with Crippen LogP contribution >= 0.6 is 31.9 Å². The molecule has 0 spiro atoms. The van der Waals surface area contributed by atoms with Gasteiger partial charge in [-0.2, -0.15) is 5.10 Å². The van der Waals surface area contributed by atoms with Crippen LogP contribution in [0.1, 0.15) is 15.9 Å². The van der Waals surface area contributed by atoms with E-state index in [0.29, 0.717) is 14.5 Å². The third kappa shape index (κ3) is 4.23. The molecule has 0 saturated carbocycles. The normalized spacial score (nSPS) is 10.7. The third-order valence-electron chi connectivity index (χ3n) is 2.87. The second kappa shape index (κ2) is 7.47. The number of hydrazone groups is 1. The van der Waals surface area contributed by atoms with Crippen molar-refractivity contribution in [2.24, 2.45) is 5.10 Å². The predicted molar refractivity (Wildman–Crippen MR) is 93.2 cm³/mol. The molecule has 0 aromatic heterocycles. The van der Waals surface area contributed by atoms with Crippen LogP contribution in [0.3, 0.4) is 0 Å². The zero-order valence-electron chi connectivity index (χ0n) is 11.9. The molecule has 120 valence electrons. The molecule has 0 heterocycles. The van der Waals surface area contributed by atoms with Gasteiger partial charge in [-0.25, -0.2) is 5.43 Å². The van der Waals surface area contributed by atoms with Gasteiger partial charge in [0.05, 0.1) is 18.9 Å². The van der Waals surface area contributed by atoms with Crippen LogP contribution in [0, 0.1) is 0 Å². The summed E-state index contributed by atoms with van der Waals surface area (Å²) in [4.78, 5) is 12.0. The van der Waals surface area contributed by atoms with Crippen molar-refractivity contribution in [1.82, 2.24) is 5.43 Å². The van der Waals surface area contributed by atoms with E-state index in [1.807, 2.05) is 0 Å². The molecule has 8 heteroatoms. The maximum atomic E-state index is 12.0. The van der Waals surface area contributed by atoms with E-state index >= 15 is 0 Å². The first kappa shape index (κ1) is 17.3. The van der Waals surface area contributed by atoms with E-state index in [-0.39, 0.29) is 22.8 Å². The summed E-state index contributed by atoms with van der Waals surface area (Å²) in [5.41, 5.74) is 3.01. The largest absolute Gasteiger partial charge is 0.507 e. The highest BCUT2D eigenvalue weighted by molar-refractivity contribution is 9.10. The van der Waals surface area contributed by atoms with Crippen molar-refractivity contribution in [3.05, 3.63) is 50.4 Å². The first-order valence-corrected chi connectivity index (χ1v) is 7.89. The minimum absolute atomic E-state index is 0.0142. The summed E-state index contributed by atoms with van der Waals surface area (Å²) in [5.74, 6) is -0.430. The number of phenolic OH excluding ortho intramolecular Hbond substituents is 2. The molecule has 1 amide bonds. The maximum absolute atomic E-state index is 12.0. The number of aromatic hydroxyl groups is 2. The quantitative estimate of drug-likeness (QED) is 0.498. The zero-order chi connectivity index (χ0) is 17.0. The van der Waals surface area contributed by atoms with Crippen LogP contribution in [0.15, 0.2) is 44.4 Å². The van der Waals surface area contributed by atoms with E-state index in [0.717, 1.165) is 0 Å². The Balaban J connectivity index is 2.16. The molecule has 0 atom stereocenters. The second-order valence-electron chi connectivity index (χ2n) is 4.41. The number of nitrogens with one attached hydrogen (secondary N) is 1. The lowest BCUT2D eigenvalue weighted by Gasteiger charge is -2.06. The molecule has 0 aliphatic heterocycles. The van der Waals surface area contributed by atoms with Gasteiger partial charge in [-0.3, -0.25) is 4.79 Å². The molecule has 0 radical (unpaired) electrons. The fourth-order valence-electron chi connectivity index (χ4n) is 1.73. The minimum atomic E-state index is -0.554. The summed E-state index contributed by atoms with van der Waals surface area (Å²) < 4.78 is 6.25. The highest BCUT2D eigenvalue weighted by atomic mass is 79.9. The molecular formula is C15H12Br2N2O4. The molecule has 2 aromatic carbocycles. The van der Waals surface area contributed by atoms with Crippen molar-refractivity contribution in [3.8, 4) is 17.2 Å². The van der Waals surface area contributed by atoms with E-state index in [1.165, 1.54) is 31.5 Å². The summed E-state index contributed by atoms with van der Waals surface area (Å²) in [5, 5.41) is 23.1. The van der Waals surface area contributed by atoms with Crippen molar-refractivity contribution in [1.29, 1.82) is 0 Å². The fourth-order valence-corrected chi connectivity index (χ4v) is 2.53. The molecule has 0 bridgehead atoms. The predicted octanol–water partition coefficient (Wildman–Crippen LogP) is 3.40. The topological polar surface area (TPSA) is 91.2 Å². The Hall–Kier alpha value is -2.06. The lowest BCUT2D eigenvalue weighted by atomic mass is 10.2. The number of ether oxygens (including phenoxy) is 1. The van der Waals surface area contributed by atoms with Crippen molar-refractivity contribution in [3.63, 3.8) is 0 Å². The fraction of sp³-hybridized carbons (Fsp3) is 0.0667. The second-order valence-corrected chi connectivity index (χ2v) is 6.18. The molecule has 2 aromatic rings. The molecular weight excluding hydrogens is 432 g/mol. The van der Waals surface area contributed by atoms with Gasteiger partial charge >= 0.3 is 0 Å². The number of amides is 1. The van der Waals surface area contributed by atoms with Crippen molar-refractivity contribution in [2.75, 3.05) is 7.11 Å². The van der Waals surface area contributed by atoms with Gasteiger partial charge in [0.1, 0.15) is 5.75 Å². The van der Waals surface area contributed by atoms with Crippen molar-refractivity contribution >= 4 is 44.0 Å². The van der Waals surface area contributed by atoms with Crippen LogP contribution in [0.2, 0.25) is 0 Å². The van der Waals surface area contributed by atoms with Gasteiger partial charge in [-0.15, -0.1) is 0 Å². The van der Waals surface area contributed by atoms with Crippen LogP contribution in [0.4, 0.5) is 0 Å². The number of nitrogens with zero attached hydrogens (tertiary/aromatic N) is 1. The van der Waals surface area contributed by atoms with Gasteiger partial charge in [-0.1, -0.05) is 15.9 Å². The Morgan fingerprint density at radius 3 is 2.65 bits per heavy atom. The SMILES string of the molecule is COc1cc(C=NNC(=O)c2cc(Br)ccc2O)c(Br)cc1O. The number of benzene rings is 2. The Labute approximate surface area is 149 Å². The summed E-state index contributed by atoms with van der Waals surface area (Å²) in [7, 11) is 1.43. The third-order valence-corrected chi connectivity index (χ3v) is 4.05. The van der Waals surface area contributed by atoms with Gasteiger partial charge in [0.15, 0.2) is 11.5 Å². The smallest absolute Gasteiger partial charge is 0.275 e. The Bertz CT molecular complexity index is 778. The molecule has 23 heavy (non-hydrogen) atoms. The van der Waals surface area contributed by atoms with E-state index in [4.69, 9.17) is 4.74 Å². The lowest BCUT2D eigenvalue weighted by Crippen LogP contribution is -2.17. The molecule has 0 fully saturated rings. The van der Waals surface area contributed by atoms with Crippen LogP contribution in [-0.4, -0.2) is 29.4 Å². The Morgan fingerprint density at radius 2 is 1.96 bits per heavy atom. The van der Waals surface area contributed by atoms with Gasteiger partial charge in [0, 0.05) is 14.5 Å². The number of halogens is 2. The van der Waals surface area contributed by atoms with Crippen LogP contribution in [0.5, 0.6) is 17.2 Å². The minimum Gasteiger partial charge on any atom is -0.507 e. The molecule has 2 rings (SSSR count). The number of carbonyl (C=O) groups excluding carboxylic acids is 1. The van der Waals surface area contributed by atoms with Crippen LogP contribution in [0.25, 0.3) is 0 Å². The Morgan fingerprint density at radius 1 is 1.22 bits per heavy atom. The van der Waals surface area contributed by atoms with E-state index < -0.39 is 5.91 Å². The maximum Gasteiger partial charge on any atom is 0.275 e. The Kier molecular flexibility index (Phi) is 5.62. The first-order chi connectivity index (χ1) is 10.9. The highest BCUT2D eigenvalue weighted by Crippen LogP contribution is 2.31. The average Bonchev–Trinajstić information content (AvgIpc) is 2.51. The van der Waals surface area contributed by atoms with Crippen molar-refractivity contribution < 1.29 is 19.7 Å². The number of hydrogen-bond acceptors (Lipinski definition) is 5. The number of phenols is 2. The summed E-state index contributed by atoms with van der Waals surface area (Å²) in [6, 6.07) is 7.53. The molecule has 0 unspecified atom stereocenters. The lowest BCUT2D eigenvalue weighted by molar-refractivity contribution is 0.0952. The first-order valence-electron chi connectivity index (χ1n) is 6.30. The van der Waals surface area contributed by atoms with Crippen LogP contribution in [-0.2, 0) is 0 Å². The van der Waals surface area contributed by atoms with E-state index in [2.05, 4.69) is 42.4 Å². The summed E-state index contributed by atoms with van der Waals surface area (Å²) in [6.45, 7) is 0. The highest BCUT2D eigenvalue weighted by Gasteiger charge is 2.11. The molecule has 0 aliphatic rings. The molecule has 0 saturated heterocycles. The van der Waals surface area contributed by atoms with Gasteiger partial charge in [-0.05, 0) is 46.3 Å². The van der Waals surface area contributed by atoms with Crippen molar-refractivity contribution in [2.45, 2.75) is 0 Å². The standard InChI is InChI=1S/C15H12Br2N2O4/c1-23-14-4-8(11(17)6-13(14)21)7-18-19-15(22)10-5-9(16)2-3-12(10)20/h2-7,20-21H,1H3,(H,19,22). The van der Waals surface area contributed by atoms with Gasteiger partial charge < -0.3 is 14.9 Å². The van der Waals surface area contributed by atoms with E-state index in [1.54, 1.807) is 12.1 Å². The molecule has 6 nitrogen and oxygen atoms in total.